The van der Waals surface area contributed by atoms with E-state index in [4.69, 9.17) is 11.6 Å². The molecule has 0 aliphatic carbocycles. The molecule has 2 heterocycles. The van der Waals surface area contributed by atoms with Gasteiger partial charge >= 0.3 is 0 Å². The van der Waals surface area contributed by atoms with Gasteiger partial charge in [0.05, 0.1) is 12.4 Å². The number of carbonyl (C=O) groups excluding carboxylic acids is 1. The number of amides is 1. The van der Waals surface area contributed by atoms with E-state index >= 15 is 0 Å². The van der Waals surface area contributed by atoms with Crippen molar-refractivity contribution in [3.8, 4) is 0 Å². The summed E-state index contributed by atoms with van der Waals surface area (Å²) in [6.07, 6.45) is 3.78. The summed E-state index contributed by atoms with van der Waals surface area (Å²) in [5.74, 6) is -0.221. The maximum absolute atomic E-state index is 12.1. The lowest BCUT2D eigenvalue weighted by atomic mass is 10.2. The smallest absolute Gasteiger partial charge is 0.271 e. The topological polar surface area (TPSA) is 58.1 Å². The van der Waals surface area contributed by atoms with Crippen LogP contribution in [0.1, 0.15) is 22.5 Å². The van der Waals surface area contributed by atoms with E-state index in [9.17, 15) is 4.79 Å². The van der Waals surface area contributed by atoms with Crippen molar-refractivity contribution >= 4 is 17.5 Å². The first-order valence-corrected chi connectivity index (χ1v) is 7.63. The van der Waals surface area contributed by atoms with Crippen LogP contribution < -0.4 is 5.32 Å². The lowest BCUT2D eigenvalue weighted by Crippen LogP contribution is -2.37. The first kappa shape index (κ1) is 14.9. The van der Waals surface area contributed by atoms with Gasteiger partial charge in [-0.2, -0.15) is 0 Å². The number of likely N-dealkylation sites (tertiary alicyclic amines) is 1. The molecule has 0 spiro atoms. The van der Waals surface area contributed by atoms with Crippen LogP contribution in [0.5, 0.6) is 0 Å². The van der Waals surface area contributed by atoms with Crippen LogP contribution in [0.15, 0.2) is 42.7 Å². The number of hydrogen-bond acceptors (Lipinski definition) is 4. The second kappa shape index (κ2) is 6.85. The molecule has 1 amide bonds. The Morgan fingerprint density at radius 1 is 1.32 bits per heavy atom. The number of aromatic nitrogens is 2. The fourth-order valence-electron chi connectivity index (χ4n) is 2.65. The standard InChI is InChI=1S/C16H17ClN4O/c17-15-9-18-8-14(20-15)16(22)19-13-6-7-21(11-13)10-12-4-2-1-3-5-12/h1-5,8-9,13H,6-7,10-11H2,(H,19,22)/t13-/m1/s1. The Kier molecular flexibility index (Phi) is 4.65. The number of halogens is 1. The van der Waals surface area contributed by atoms with E-state index < -0.39 is 0 Å². The molecule has 1 atom stereocenters. The molecule has 0 bridgehead atoms. The lowest BCUT2D eigenvalue weighted by molar-refractivity contribution is 0.0932. The van der Waals surface area contributed by atoms with Crippen molar-refractivity contribution in [1.82, 2.24) is 20.2 Å². The fourth-order valence-corrected chi connectivity index (χ4v) is 2.79. The Morgan fingerprint density at radius 3 is 2.91 bits per heavy atom. The fraction of sp³-hybridized carbons (Fsp3) is 0.312. The predicted molar refractivity (Wildman–Crippen MR) is 84.6 cm³/mol. The van der Waals surface area contributed by atoms with Crippen molar-refractivity contribution in [2.24, 2.45) is 0 Å². The van der Waals surface area contributed by atoms with E-state index in [0.717, 1.165) is 26.1 Å². The normalized spacial score (nSPS) is 18.3. The van der Waals surface area contributed by atoms with Crippen LogP contribution in [0, 0.1) is 0 Å². The van der Waals surface area contributed by atoms with Crippen LogP contribution in [0.25, 0.3) is 0 Å². The molecular weight excluding hydrogens is 300 g/mol. The van der Waals surface area contributed by atoms with Gasteiger partial charge < -0.3 is 5.32 Å². The van der Waals surface area contributed by atoms with E-state index in [2.05, 4.69) is 32.3 Å². The number of carbonyl (C=O) groups is 1. The lowest BCUT2D eigenvalue weighted by Gasteiger charge is -2.16. The zero-order valence-electron chi connectivity index (χ0n) is 12.1. The van der Waals surface area contributed by atoms with E-state index in [1.54, 1.807) is 0 Å². The highest BCUT2D eigenvalue weighted by Crippen LogP contribution is 2.14. The minimum absolute atomic E-state index is 0.136. The van der Waals surface area contributed by atoms with Gasteiger partial charge in [-0.05, 0) is 12.0 Å². The number of rotatable bonds is 4. The highest BCUT2D eigenvalue weighted by atomic mass is 35.5. The van der Waals surface area contributed by atoms with Crippen LogP contribution in [-0.2, 0) is 6.54 Å². The zero-order valence-corrected chi connectivity index (χ0v) is 12.8. The van der Waals surface area contributed by atoms with Gasteiger partial charge in [0.1, 0.15) is 10.8 Å². The van der Waals surface area contributed by atoms with Crippen LogP contribution in [0.4, 0.5) is 0 Å². The quantitative estimate of drug-likeness (QED) is 0.939. The molecule has 5 nitrogen and oxygen atoms in total. The molecule has 6 heteroatoms. The summed E-state index contributed by atoms with van der Waals surface area (Å²) in [6, 6.07) is 10.5. The van der Waals surface area contributed by atoms with Gasteiger partial charge in [-0.15, -0.1) is 0 Å². The van der Waals surface area contributed by atoms with Crippen molar-refractivity contribution in [2.75, 3.05) is 13.1 Å². The van der Waals surface area contributed by atoms with Crippen molar-refractivity contribution in [3.63, 3.8) is 0 Å². The SMILES string of the molecule is O=C(N[C@@H]1CCN(Cc2ccccc2)C1)c1cncc(Cl)n1. The molecule has 1 fully saturated rings. The second-order valence-electron chi connectivity index (χ2n) is 5.41. The first-order chi connectivity index (χ1) is 10.7. The van der Waals surface area contributed by atoms with Gasteiger partial charge in [-0.1, -0.05) is 41.9 Å². The predicted octanol–water partition coefficient (Wildman–Crippen LogP) is 2.13. The summed E-state index contributed by atoms with van der Waals surface area (Å²) in [6.45, 7) is 2.72. The highest BCUT2D eigenvalue weighted by molar-refractivity contribution is 6.29. The molecule has 1 aliphatic heterocycles. The maximum Gasteiger partial charge on any atom is 0.271 e. The molecule has 2 aromatic rings. The second-order valence-corrected chi connectivity index (χ2v) is 5.79. The summed E-state index contributed by atoms with van der Waals surface area (Å²) in [7, 11) is 0. The molecule has 0 saturated carbocycles. The van der Waals surface area contributed by atoms with E-state index in [0.29, 0.717) is 0 Å². The van der Waals surface area contributed by atoms with Crippen LogP contribution >= 0.6 is 11.6 Å². The van der Waals surface area contributed by atoms with Crippen LogP contribution in [0.2, 0.25) is 5.15 Å². The van der Waals surface area contributed by atoms with Crippen molar-refractivity contribution in [3.05, 3.63) is 59.1 Å². The monoisotopic (exact) mass is 316 g/mol. The Hall–Kier alpha value is -1.98. The molecule has 0 unspecified atom stereocenters. The third-order valence-electron chi connectivity index (χ3n) is 3.69. The third kappa shape index (κ3) is 3.81. The van der Waals surface area contributed by atoms with Crippen molar-refractivity contribution < 1.29 is 4.79 Å². The average molecular weight is 317 g/mol. The molecule has 1 aromatic carbocycles. The largest absolute Gasteiger partial charge is 0.347 e. The minimum atomic E-state index is -0.221. The number of nitrogens with zero attached hydrogens (tertiary/aromatic N) is 3. The van der Waals surface area contributed by atoms with Gasteiger partial charge in [-0.25, -0.2) is 4.98 Å². The third-order valence-corrected chi connectivity index (χ3v) is 3.88. The Labute approximate surface area is 134 Å². The highest BCUT2D eigenvalue weighted by Gasteiger charge is 2.24. The van der Waals surface area contributed by atoms with Crippen molar-refractivity contribution in [1.29, 1.82) is 0 Å². The molecule has 3 rings (SSSR count). The number of hydrogen-bond donors (Lipinski definition) is 1. The number of nitrogens with one attached hydrogen (secondary N) is 1. The summed E-state index contributed by atoms with van der Waals surface area (Å²) in [5, 5.41) is 3.22. The average Bonchev–Trinajstić information content (AvgIpc) is 2.95. The van der Waals surface area contributed by atoms with Gasteiger partial charge in [0.25, 0.3) is 5.91 Å². The molecule has 22 heavy (non-hydrogen) atoms. The van der Waals surface area contributed by atoms with Gasteiger partial charge in [-0.3, -0.25) is 14.7 Å². The van der Waals surface area contributed by atoms with Crippen LogP contribution in [0.3, 0.4) is 0 Å². The molecule has 1 aromatic heterocycles. The first-order valence-electron chi connectivity index (χ1n) is 7.25. The molecule has 0 radical (unpaired) electrons. The molecule has 1 N–H and O–H groups in total. The summed E-state index contributed by atoms with van der Waals surface area (Å²) in [4.78, 5) is 22.3. The summed E-state index contributed by atoms with van der Waals surface area (Å²) >= 11 is 5.76. The minimum Gasteiger partial charge on any atom is -0.347 e. The van der Waals surface area contributed by atoms with E-state index in [1.807, 2.05) is 18.2 Å². The van der Waals surface area contributed by atoms with E-state index in [1.165, 1.54) is 18.0 Å². The summed E-state index contributed by atoms with van der Waals surface area (Å²) in [5.41, 5.74) is 1.55. The Balaban J connectivity index is 1.54. The van der Waals surface area contributed by atoms with E-state index in [-0.39, 0.29) is 22.8 Å². The molecule has 114 valence electrons. The molecular formula is C16H17ClN4O. The van der Waals surface area contributed by atoms with Crippen LogP contribution in [-0.4, -0.2) is 39.9 Å². The molecule has 1 aliphatic rings. The Morgan fingerprint density at radius 2 is 2.14 bits per heavy atom. The maximum atomic E-state index is 12.1. The number of benzene rings is 1. The van der Waals surface area contributed by atoms with Crippen molar-refractivity contribution in [2.45, 2.75) is 19.0 Å². The Bertz CT molecular complexity index is 650. The zero-order chi connectivity index (χ0) is 15.4. The van der Waals surface area contributed by atoms with Gasteiger partial charge in [0, 0.05) is 25.7 Å². The van der Waals surface area contributed by atoms with Gasteiger partial charge in [0.2, 0.25) is 0 Å². The van der Waals surface area contributed by atoms with Gasteiger partial charge in [0.15, 0.2) is 0 Å². The molecule has 1 saturated heterocycles. The summed E-state index contributed by atoms with van der Waals surface area (Å²) < 4.78 is 0.